The fraction of sp³-hybridized carbons (Fsp3) is 0.321. The van der Waals surface area contributed by atoms with Gasteiger partial charge in [-0.3, -0.25) is 19.3 Å². The molecule has 35 heavy (non-hydrogen) atoms. The number of amides is 3. The first-order chi connectivity index (χ1) is 16.9. The molecule has 0 spiro atoms. The minimum absolute atomic E-state index is 0.138. The van der Waals surface area contributed by atoms with Crippen molar-refractivity contribution in [2.24, 2.45) is 0 Å². The number of hydrogen-bond donors (Lipinski definition) is 1. The highest BCUT2D eigenvalue weighted by molar-refractivity contribution is 6.30. The number of hydrogen-bond acceptors (Lipinski definition) is 3. The standard InChI is InChI=1S/C28H28ClN3O3/c1-18(27(34)30-22-8-2-3-9-22)31(16-19-12-14-21(29)15-13-19)25(33)17-32-24-11-5-7-20-6-4-10-23(26(20)24)28(32)35/h4-7,10-15,18,22H,2-3,8-9,16-17H2,1H3,(H,30,34)/t18-/m0/s1. The van der Waals surface area contributed by atoms with Crippen LogP contribution in [0.3, 0.4) is 0 Å². The fourth-order valence-corrected chi connectivity index (χ4v) is 5.25. The maximum absolute atomic E-state index is 13.7. The Balaban J connectivity index is 1.40. The molecule has 1 fully saturated rings. The summed E-state index contributed by atoms with van der Waals surface area (Å²) >= 11 is 6.04. The first kappa shape index (κ1) is 23.4. The van der Waals surface area contributed by atoms with Gasteiger partial charge in [0.2, 0.25) is 11.8 Å². The second kappa shape index (κ2) is 9.70. The van der Waals surface area contributed by atoms with Crippen molar-refractivity contribution in [3.8, 4) is 0 Å². The van der Waals surface area contributed by atoms with Gasteiger partial charge in [0.05, 0.1) is 5.69 Å². The molecular formula is C28H28ClN3O3. The van der Waals surface area contributed by atoms with Crippen molar-refractivity contribution >= 4 is 45.8 Å². The molecule has 1 aliphatic carbocycles. The summed E-state index contributed by atoms with van der Waals surface area (Å²) < 4.78 is 0. The third-order valence-electron chi connectivity index (χ3n) is 7.08. The van der Waals surface area contributed by atoms with Gasteiger partial charge in [-0.25, -0.2) is 0 Å². The van der Waals surface area contributed by atoms with Crippen LogP contribution in [-0.2, 0) is 16.1 Å². The van der Waals surface area contributed by atoms with E-state index in [1.165, 1.54) is 4.90 Å². The van der Waals surface area contributed by atoms with E-state index in [2.05, 4.69) is 5.32 Å². The topological polar surface area (TPSA) is 69.7 Å². The summed E-state index contributed by atoms with van der Waals surface area (Å²) in [5, 5.41) is 5.54. The molecule has 0 bridgehead atoms. The third kappa shape index (κ3) is 4.63. The third-order valence-corrected chi connectivity index (χ3v) is 7.33. The number of nitrogens with one attached hydrogen (secondary N) is 1. The second-order valence-electron chi connectivity index (χ2n) is 9.39. The van der Waals surface area contributed by atoms with Gasteiger partial charge in [-0.05, 0) is 55.0 Å². The van der Waals surface area contributed by atoms with Crippen molar-refractivity contribution in [1.82, 2.24) is 10.2 Å². The van der Waals surface area contributed by atoms with Gasteiger partial charge >= 0.3 is 0 Å². The average molecular weight is 490 g/mol. The van der Waals surface area contributed by atoms with Crippen LogP contribution in [0.2, 0.25) is 5.02 Å². The largest absolute Gasteiger partial charge is 0.352 e. The van der Waals surface area contributed by atoms with Gasteiger partial charge in [0.15, 0.2) is 0 Å². The molecule has 0 radical (unpaired) electrons. The van der Waals surface area contributed by atoms with Crippen LogP contribution in [-0.4, -0.2) is 41.2 Å². The quantitative estimate of drug-likeness (QED) is 0.511. The molecule has 1 heterocycles. The van der Waals surface area contributed by atoms with Crippen LogP contribution in [0.25, 0.3) is 10.8 Å². The molecule has 3 aromatic rings. The van der Waals surface area contributed by atoms with Crippen LogP contribution in [0.15, 0.2) is 60.7 Å². The number of halogens is 1. The van der Waals surface area contributed by atoms with Gasteiger partial charge in [-0.1, -0.05) is 60.8 Å². The molecule has 1 aliphatic heterocycles. The zero-order valence-electron chi connectivity index (χ0n) is 19.7. The maximum Gasteiger partial charge on any atom is 0.259 e. The molecule has 180 valence electrons. The first-order valence-corrected chi connectivity index (χ1v) is 12.5. The molecule has 3 amide bonds. The van der Waals surface area contributed by atoms with Crippen molar-refractivity contribution in [3.05, 3.63) is 76.8 Å². The van der Waals surface area contributed by atoms with E-state index < -0.39 is 6.04 Å². The summed E-state index contributed by atoms with van der Waals surface area (Å²) in [6.07, 6.45) is 4.15. The van der Waals surface area contributed by atoms with Crippen molar-refractivity contribution < 1.29 is 14.4 Å². The van der Waals surface area contributed by atoms with E-state index in [-0.39, 0.29) is 36.9 Å². The van der Waals surface area contributed by atoms with E-state index in [0.29, 0.717) is 10.6 Å². The Morgan fingerprint density at radius 3 is 2.46 bits per heavy atom. The van der Waals surface area contributed by atoms with E-state index in [0.717, 1.165) is 47.7 Å². The van der Waals surface area contributed by atoms with E-state index in [1.807, 2.05) is 42.5 Å². The molecule has 1 saturated carbocycles. The normalized spacial score (nSPS) is 16.1. The van der Waals surface area contributed by atoms with Gasteiger partial charge in [-0.2, -0.15) is 0 Å². The van der Waals surface area contributed by atoms with Crippen LogP contribution < -0.4 is 10.2 Å². The molecule has 5 rings (SSSR count). The minimum atomic E-state index is -0.686. The molecule has 0 aromatic heterocycles. The van der Waals surface area contributed by atoms with Crippen molar-refractivity contribution in [3.63, 3.8) is 0 Å². The van der Waals surface area contributed by atoms with Gasteiger partial charge in [0, 0.05) is 28.6 Å². The lowest BCUT2D eigenvalue weighted by molar-refractivity contribution is -0.139. The highest BCUT2D eigenvalue weighted by atomic mass is 35.5. The second-order valence-corrected chi connectivity index (χ2v) is 9.82. The number of anilines is 1. The monoisotopic (exact) mass is 489 g/mol. The molecule has 2 aliphatic rings. The van der Waals surface area contributed by atoms with Crippen LogP contribution >= 0.6 is 11.6 Å². The van der Waals surface area contributed by atoms with Crippen LogP contribution in [0.1, 0.15) is 48.5 Å². The Kier molecular flexibility index (Phi) is 6.48. The number of nitrogens with zero attached hydrogens (tertiary/aromatic N) is 2. The van der Waals surface area contributed by atoms with Crippen molar-refractivity contribution in [2.75, 3.05) is 11.4 Å². The smallest absolute Gasteiger partial charge is 0.259 e. The fourth-order valence-electron chi connectivity index (χ4n) is 5.12. The Morgan fingerprint density at radius 2 is 1.74 bits per heavy atom. The van der Waals surface area contributed by atoms with Crippen molar-refractivity contribution in [1.29, 1.82) is 0 Å². The number of benzene rings is 3. The Morgan fingerprint density at radius 1 is 1.06 bits per heavy atom. The SMILES string of the molecule is C[C@@H](C(=O)NC1CCCC1)N(Cc1ccc(Cl)cc1)C(=O)CN1C(=O)c2cccc3cccc1c23. The highest BCUT2D eigenvalue weighted by Crippen LogP contribution is 2.37. The van der Waals surface area contributed by atoms with E-state index in [9.17, 15) is 14.4 Å². The van der Waals surface area contributed by atoms with E-state index >= 15 is 0 Å². The van der Waals surface area contributed by atoms with Gasteiger partial charge in [0.1, 0.15) is 12.6 Å². The first-order valence-electron chi connectivity index (χ1n) is 12.1. The molecular weight excluding hydrogens is 462 g/mol. The minimum Gasteiger partial charge on any atom is -0.352 e. The summed E-state index contributed by atoms with van der Waals surface area (Å²) in [6.45, 7) is 1.86. The number of carbonyl (C=O) groups excluding carboxylic acids is 3. The lowest BCUT2D eigenvalue weighted by Crippen LogP contribution is -2.52. The summed E-state index contributed by atoms with van der Waals surface area (Å²) in [6, 6.07) is 18.0. The summed E-state index contributed by atoms with van der Waals surface area (Å²) in [7, 11) is 0. The zero-order chi connectivity index (χ0) is 24.5. The summed E-state index contributed by atoms with van der Waals surface area (Å²) in [5.41, 5.74) is 2.19. The number of rotatable bonds is 7. The van der Waals surface area contributed by atoms with Crippen LogP contribution in [0.5, 0.6) is 0 Å². The average Bonchev–Trinajstić information content (AvgIpc) is 3.47. The molecule has 6 nitrogen and oxygen atoms in total. The van der Waals surface area contributed by atoms with E-state index in [4.69, 9.17) is 11.6 Å². The van der Waals surface area contributed by atoms with E-state index in [1.54, 1.807) is 30.0 Å². The molecule has 0 unspecified atom stereocenters. The molecule has 1 atom stereocenters. The number of carbonyl (C=O) groups is 3. The zero-order valence-corrected chi connectivity index (χ0v) is 20.4. The molecule has 7 heteroatoms. The van der Waals surface area contributed by atoms with Crippen LogP contribution in [0.4, 0.5) is 5.69 Å². The molecule has 1 N–H and O–H groups in total. The van der Waals surface area contributed by atoms with Gasteiger partial charge in [-0.15, -0.1) is 0 Å². The van der Waals surface area contributed by atoms with Gasteiger partial charge < -0.3 is 10.2 Å². The highest BCUT2D eigenvalue weighted by Gasteiger charge is 2.34. The van der Waals surface area contributed by atoms with Crippen molar-refractivity contribution in [2.45, 2.75) is 51.2 Å². The Hall–Kier alpha value is -3.38. The Bertz CT molecular complexity index is 1280. The lowest BCUT2D eigenvalue weighted by Gasteiger charge is -2.31. The predicted octanol–water partition coefficient (Wildman–Crippen LogP) is 4.93. The predicted molar refractivity (Wildman–Crippen MR) is 137 cm³/mol. The molecule has 0 saturated heterocycles. The molecule has 3 aromatic carbocycles. The van der Waals surface area contributed by atoms with Crippen LogP contribution in [0, 0.1) is 0 Å². The summed E-state index contributed by atoms with van der Waals surface area (Å²) in [5.74, 6) is -0.649. The maximum atomic E-state index is 13.7. The Labute approximate surface area is 209 Å². The van der Waals surface area contributed by atoms with Gasteiger partial charge in [0.25, 0.3) is 5.91 Å². The summed E-state index contributed by atoms with van der Waals surface area (Å²) in [4.78, 5) is 43.1. The lowest BCUT2D eigenvalue weighted by atomic mass is 10.1.